The molecule has 6 heteroatoms. The first kappa shape index (κ1) is 17.3. The van der Waals surface area contributed by atoms with Crippen LogP contribution in [0.2, 0.25) is 0 Å². The molecule has 1 aromatic heterocycles. The third kappa shape index (κ3) is 3.28. The monoisotopic (exact) mass is 369 g/mol. The van der Waals surface area contributed by atoms with Gasteiger partial charge in [0.05, 0.1) is 4.90 Å². The van der Waals surface area contributed by atoms with E-state index in [1.54, 1.807) is 16.4 Å². The fourth-order valence-electron chi connectivity index (χ4n) is 3.40. The standard InChI is InChI=1S/C20H23N3O2S/c1-16-2-4-17(5-3-16)15-22-11-8-18-14-19(6-7-20(18)22)26(24,25)23-12-9-21-10-13-23/h2-8,11,14,21H,9-10,12-13,15H2,1H3. The molecule has 0 spiro atoms. The molecule has 2 aromatic carbocycles. The molecule has 1 N–H and O–H groups in total. The summed E-state index contributed by atoms with van der Waals surface area (Å²) in [7, 11) is -3.42. The van der Waals surface area contributed by atoms with Crippen LogP contribution >= 0.6 is 0 Å². The van der Waals surface area contributed by atoms with Crippen LogP contribution in [0.3, 0.4) is 0 Å². The van der Waals surface area contributed by atoms with Gasteiger partial charge in [0.2, 0.25) is 10.0 Å². The molecular formula is C20H23N3O2S. The molecule has 0 atom stereocenters. The van der Waals surface area contributed by atoms with Gasteiger partial charge < -0.3 is 9.88 Å². The maximum absolute atomic E-state index is 12.9. The second-order valence-electron chi connectivity index (χ2n) is 6.80. The molecule has 1 saturated heterocycles. The highest BCUT2D eigenvalue weighted by molar-refractivity contribution is 7.89. The summed E-state index contributed by atoms with van der Waals surface area (Å²) in [6, 6.07) is 15.9. The lowest BCUT2D eigenvalue weighted by molar-refractivity contribution is 0.360. The van der Waals surface area contributed by atoms with E-state index in [2.05, 4.69) is 41.1 Å². The lowest BCUT2D eigenvalue weighted by atomic mass is 10.1. The van der Waals surface area contributed by atoms with Gasteiger partial charge >= 0.3 is 0 Å². The Hall–Kier alpha value is -2.15. The second-order valence-corrected chi connectivity index (χ2v) is 8.74. The summed E-state index contributed by atoms with van der Waals surface area (Å²) in [6.07, 6.45) is 2.02. The molecule has 0 saturated carbocycles. The van der Waals surface area contributed by atoms with Crippen LogP contribution in [-0.2, 0) is 16.6 Å². The maximum atomic E-state index is 12.9. The molecule has 0 bridgehead atoms. The van der Waals surface area contributed by atoms with Crippen molar-refractivity contribution in [3.63, 3.8) is 0 Å². The quantitative estimate of drug-likeness (QED) is 0.769. The highest BCUT2D eigenvalue weighted by atomic mass is 32.2. The minimum absolute atomic E-state index is 0.375. The molecule has 0 radical (unpaired) electrons. The molecule has 1 fully saturated rings. The Kier molecular flexibility index (Phi) is 4.56. The number of hydrogen-bond acceptors (Lipinski definition) is 3. The summed E-state index contributed by atoms with van der Waals surface area (Å²) in [5.41, 5.74) is 3.52. The molecule has 4 rings (SSSR count). The number of sulfonamides is 1. The van der Waals surface area contributed by atoms with Crippen LogP contribution in [0.5, 0.6) is 0 Å². The smallest absolute Gasteiger partial charge is 0.243 e. The van der Waals surface area contributed by atoms with Crippen LogP contribution in [0, 0.1) is 6.92 Å². The van der Waals surface area contributed by atoms with Gasteiger partial charge in [-0.3, -0.25) is 0 Å². The van der Waals surface area contributed by atoms with Crippen LogP contribution in [0.15, 0.2) is 59.6 Å². The number of hydrogen-bond donors (Lipinski definition) is 1. The van der Waals surface area contributed by atoms with Crippen molar-refractivity contribution in [2.75, 3.05) is 26.2 Å². The topological polar surface area (TPSA) is 54.3 Å². The molecule has 2 heterocycles. The summed E-state index contributed by atoms with van der Waals surface area (Å²) in [5, 5.41) is 4.14. The van der Waals surface area contributed by atoms with Gasteiger partial charge in [-0.05, 0) is 36.8 Å². The van der Waals surface area contributed by atoms with E-state index in [9.17, 15) is 8.42 Å². The van der Waals surface area contributed by atoms with Crippen molar-refractivity contribution < 1.29 is 8.42 Å². The zero-order valence-electron chi connectivity index (χ0n) is 14.9. The lowest BCUT2D eigenvalue weighted by Gasteiger charge is -2.26. The van der Waals surface area contributed by atoms with Gasteiger partial charge in [0, 0.05) is 49.8 Å². The largest absolute Gasteiger partial charge is 0.343 e. The lowest BCUT2D eigenvalue weighted by Crippen LogP contribution is -2.46. The van der Waals surface area contributed by atoms with Crippen molar-refractivity contribution >= 4 is 20.9 Å². The third-order valence-corrected chi connectivity index (χ3v) is 6.82. The number of aromatic nitrogens is 1. The van der Waals surface area contributed by atoms with Crippen LogP contribution in [0.4, 0.5) is 0 Å². The average molecular weight is 369 g/mol. The zero-order valence-corrected chi connectivity index (χ0v) is 15.7. The number of aryl methyl sites for hydroxylation is 1. The molecule has 1 aliphatic heterocycles. The summed E-state index contributed by atoms with van der Waals surface area (Å²) in [4.78, 5) is 0.375. The van der Waals surface area contributed by atoms with Crippen LogP contribution in [0.1, 0.15) is 11.1 Å². The van der Waals surface area contributed by atoms with Crippen molar-refractivity contribution in [2.24, 2.45) is 0 Å². The van der Waals surface area contributed by atoms with Gasteiger partial charge in [-0.1, -0.05) is 29.8 Å². The number of piperazine rings is 1. The van der Waals surface area contributed by atoms with Crippen LogP contribution in [0.25, 0.3) is 10.9 Å². The summed E-state index contributed by atoms with van der Waals surface area (Å²) in [5.74, 6) is 0. The maximum Gasteiger partial charge on any atom is 0.243 e. The van der Waals surface area contributed by atoms with Gasteiger partial charge in [0.25, 0.3) is 0 Å². The Bertz CT molecular complexity index is 1020. The predicted octanol–water partition coefficient (Wildman–Crippen LogP) is 2.59. The van der Waals surface area contributed by atoms with E-state index < -0.39 is 10.0 Å². The molecule has 0 aliphatic carbocycles. The van der Waals surface area contributed by atoms with Gasteiger partial charge in [-0.2, -0.15) is 4.31 Å². The number of rotatable bonds is 4. The van der Waals surface area contributed by atoms with Crippen molar-refractivity contribution in [1.29, 1.82) is 0 Å². The Balaban J connectivity index is 1.63. The molecule has 26 heavy (non-hydrogen) atoms. The van der Waals surface area contributed by atoms with Gasteiger partial charge in [0.15, 0.2) is 0 Å². The molecule has 0 unspecified atom stereocenters. The fourth-order valence-corrected chi connectivity index (χ4v) is 4.88. The van der Waals surface area contributed by atoms with E-state index in [0.29, 0.717) is 31.1 Å². The van der Waals surface area contributed by atoms with Crippen molar-refractivity contribution in [3.8, 4) is 0 Å². The molecule has 3 aromatic rings. The normalized spacial score (nSPS) is 16.2. The molecule has 5 nitrogen and oxygen atoms in total. The highest BCUT2D eigenvalue weighted by Crippen LogP contribution is 2.24. The van der Waals surface area contributed by atoms with Gasteiger partial charge in [0.1, 0.15) is 0 Å². The molecule has 136 valence electrons. The van der Waals surface area contributed by atoms with E-state index in [0.717, 1.165) is 17.4 Å². The highest BCUT2D eigenvalue weighted by Gasteiger charge is 2.26. The van der Waals surface area contributed by atoms with E-state index in [4.69, 9.17) is 0 Å². The third-order valence-electron chi connectivity index (χ3n) is 4.93. The SMILES string of the molecule is Cc1ccc(Cn2ccc3cc(S(=O)(=O)N4CCNCC4)ccc32)cc1. The first-order chi connectivity index (χ1) is 12.5. The number of benzene rings is 2. The Morgan fingerprint density at radius 1 is 1.00 bits per heavy atom. The average Bonchev–Trinajstić information content (AvgIpc) is 3.06. The van der Waals surface area contributed by atoms with Crippen LogP contribution in [-0.4, -0.2) is 43.5 Å². The minimum Gasteiger partial charge on any atom is -0.343 e. The molecule has 1 aliphatic rings. The first-order valence-corrected chi connectivity index (χ1v) is 10.3. The summed E-state index contributed by atoms with van der Waals surface area (Å²) in [6.45, 7) is 5.30. The van der Waals surface area contributed by atoms with Crippen molar-refractivity contribution in [3.05, 3.63) is 65.9 Å². The van der Waals surface area contributed by atoms with E-state index in [1.165, 1.54) is 11.1 Å². The number of fused-ring (bicyclic) bond motifs is 1. The number of nitrogens with one attached hydrogen (secondary N) is 1. The predicted molar refractivity (Wildman–Crippen MR) is 104 cm³/mol. The zero-order chi connectivity index (χ0) is 18.1. The summed E-state index contributed by atoms with van der Waals surface area (Å²) >= 11 is 0. The van der Waals surface area contributed by atoms with Crippen LogP contribution < -0.4 is 5.32 Å². The van der Waals surface area contributed by atoms with E-state index >= 15 is 0 Å². The Labute approximate surface area is 154 Å². The van der Waals surface area contributed by atoms with E-state index in [-0.39, 0.29) is 0 Å². The van der Waals surface area contributed by atoms with Gasteiger partial charge in [-0.15, -0.1) is 0 Å². The fraction of sp³-hybridized carbons (Fsp3) is 0.300. The van der Waals surface area contributed by atoms with Gasteiger partial charge in [-0.25, -0.2) is 8.42 Å². The number of nitrogens with zero attached hydrogens (tertiary/aromatic N) is 2. The second kappa shape index (κ2) is 6.87. The van der Waals surface area contributed by atoms with E-state index in [1.807, 2.05) is 18.3 Å². The minimum atomic E-state index is -3.42. The Morgan fingerprint density at radius 2 is 1.73 bits per heavy atom. The van der Waals surface area contributed by atoms with Crippen molar-refractivity contribution in [1.82, 2.24) is 14.2 Å². The Morgan fingerprint density at radius 3 is 2.46 bits per heavy atom. The first-order valence-electron chi connectivity index (χ1n) is 8.89. The molecular weight excluding hydrogens is 346 g/mol. The van der Waals surface area contributed by atoms with Crippen molar-refractivity contribution in [2.45, 2.75) is 18.4 Å². The molecule has 0 amide bonds. The summed E-state index contributed by atoms with van der Waals surface area (Å²) < 4.78 is 29.4.